The summed E-state index contributed by atoms with van der Waals surface area (Å²) in [5.74, 6) is 0. The summed E-state index contributed by atoms with van der Waals surface area (Å²) in [6.07, 6.45) is -2.19. The van der Waals surface area contributed by atoms with E-state index in [1.54, 1.807) is 11.0 Å². The average molecular weight is 451 g/mol. The summed E-state index contributed by atoms with van der Waals surface area (Å²) in [5, 5.41) is 0.717. The SMILES string of the molecule is CO[B]N(C[C@H](Cc1ccc(C(F)(F)F)cc1)NOC)c1ncc(Br)s1. The molecule has 0 aliphatic carbocycles. The van der Waals surface area contributed by atoms with E-state index >= 15 is 0 Å². The predicted molar refractivity (Wildman–Crippen MR) is 99.0 cm³/mol. The molecule has 0 saturated heterocycles. The Labute approximate surface area is 162 Å². The van der Waals surface area contributed by atoms with Crippen LogP contribution >= 0.6 is 27.3 Å². The second-order valence-corrected chi connectivity index (χ2v) is 7.75. The monoisotopic (exact) mass is 450 g/mol. The molecule has 1 aromatic heterocycles. The normalized spacial score (nSPS) is 12.8. The maximum Gasteiger partial charge on any atom is 0.440 e. The highest BCUT2D eigenvalue weighted by molar-refractivity contribution is 9.11. The number of benzene rings is 1. The number of nitrogens with one attached hydrogen (secondary N) is 1. The summed E-state index contributed by atoms with van der Waals surface area (Å²) < 4.78 is 44.0. The first-order chi connectivity index (χ1) is 12.3. The first-order valence-corrected chi connectivity index (χ1v) is 9.13. The van der Waals surface area contributed by atoms with Gasteiger partial charge in [0.05, 0.1) is 28.7 Å². The number of anilines is 1. The molecule has 1 radical (unpaired) electrons. The zero-order valence-electron chi connectivity index (χ0n) is 14.1. The minimum atomic E-state index is -4.34. The quantitative estimate of drug-likeness (QED) is 0.466. The molecule has 0 saturated carbocycles. The third-order valence-corrected chi connectivity index (χ3v) is 4.92. The first-order valence-electron chi connectivity index (χ1n) is 7.52. The smallest absolute Gasteiger partial charge is 0.422 e. The van der Waals surface area contributed by atoms with Crippen molar-refractivity contribution in [3.63, 3.8) is 0 Å². The van der Waals surface area contributed by atoms with E-state index in [9.17, 15) is 13.2 Å². The maximum atomic E-state index is 12.7. The molecule has 2 aromatic rings. The van der Waals surface area contributed by atoms with Crippen molar-refractivity contribution < 1.29 is 22.7 Å². The molecule has 0 amide bonds. The molecule has 5 nitrogen and oxygen atoms in total. The Balaban J connectivity index is 2.09. The Morgan fingerprint density at radius 3 is 2.50 bits per heavy atom. The highest BCUT2D eigenvalue weighted by atomic mass is 79.9. The van der Waals surface area contributed by atoms with Gasteiger partial charge in [-0.15, -0.1) is 0 Å². The number of alkyl halides is 3. The summed E-state index contributed by atoms with van der Waals surface area (Å²) in [6, 6.07) is 4.90. The van der Waals surface area contributed by atoms with Crippen molar-refractivity contribution in [3.8, 4) is 0 Å². The predicted octanol–water partition coefficient (Wildman–Crippen LogP) is 3.67. The van der Waals surface area contributed by atoms with Crippen LogP contribution in [-0.4, -0.2) is 39.4 Å². The maximum absolute atomic E-state index is 12.7. The van der Waals surface area contributed by atoms with Crippen molar-refractivity contribution >= 4 is 40.0 Å². The number of rotatable bonds is 9. The van der Waals surface area contributed by atoms with Gasteiger partial charge in [-0.25, -0.2) is 4.98 Å². The Bertz CT molecular complexity index is 688. The number of hydrogen-bond donors (Lipinski definition) is 1. The molecule has 11 heteroatoms. The zero-order valence-corrected chi connectivity index (χ0v) is 16.5. The van der Waals surface area contributed by atoms with Gasteiger partial charge in [-0.3, -0.25) is 0 Å². The molecule has 2 rings (SSSR count). The number of halogens is 4. The molecule has 0 aliphatic rings. The van der Waals surface area contributed by atoms with Crippen LogP contribution in [0.25, 0.3) is 0 Å². The van der Waals surface area contributed by atoms with E-state index in [4.69, 9.17) is 9.49 Å². The van der Waals surface area contributed by atoms with E-state index in [1.807, 2.05) is 0 Å². The Morgan fingerprint density at radius 1 is 1.31 bits per heavy atom. The van der Waals surface area contributed by atoms with Gasteiger partial charge in [0.1, 0.15) is 0 Å². The molecule has 1 N–H and O–H groups in total. The van der Waals surface area contributed by atoms with E-state index in [1.165, 1.54) is 45.3 Å². The Hall–Kier alpha value is -1.14. The van der Waals surface area contributed by atoms with Crippen LogP contribution < -0.4 is 10.3 Å². The molecular weight excluding hydrogens is 434 g/mol. The average Bonchev–Trinajstić information content (AvgIpc) is 3.01. The molecule has 0 spiro atoms. The molecule has 141 valence electrons. The van der Waals surface area contributed by atoms with Crippen LogP contribution in [0.4, 0.5) is 18.3 Å². The number of hydroxylamine groups is 1. The highest BCUT2D eigenvalue weighted by Gasteiger charge is 2.30. The summed E-state index contributed by atoms with van der Waals surface area (Å²) in [4.78, 5) is 11.1. The molecule has 0 fully saturated rings. The molecule has 0 aliphatic heterocycles. The lowest BCUT2D eigenvalue weighted by Crippen LogP contribution is -2.44. The summed E-state index contributed by atoms with van der Waals surface area (Å²) in [5.41, 5.74) is 2.95. The van der Waals surface area contributed by atoms with E-state index in [0.29, 0.717) is 18.1 Å². The van der Waals surface area contributed by atoms with E-state index < -0.39 is 11.7 Å². The highest BCUT2D eigenvalue weighted by Crippen LogP contribution is 2.29. The van der Waals surface area contributed by atoms with E-state index in [0.717, 1.165) is 21.5 Å². The second kappa shape index (κ2) is 9.70. The van der Waals surface area contributed by atoms with Gasteiger partial charge in [-0.2, -0.15) is 18.7 Å². The Morgan fingerprint density at radius 2 is 2.00 bits per heavy atom. The van der Waals surface area contributed by atoms with Crippen LogP contribution in [0.5, 0.6) is 0 Å². The van der Waals surface area contributed by atoms with Crippen molar-refractivity contribution in [2.24, 2.45) is 0 Å². The van der Waals surface area contributed by atoms with Gasteiger partial charge < -0.3 is 14.3 Å². The van der Waals surface area contributed by atoms with Gasteiger partial charge in [0.15, 0.2) is 5.13 Å². The minimum absolute atomic E-state index is 0.203. The van der Waals surface area contributed by atoms with E-state index in [2.05, 4.69) is 26.4 Å². The van der Waals surface area contributed by atoms with Gasteiger partial charge in [0.25, 0.3) is 0 Å². The summed E-state index contributed by atoms with van der Waals surface area (Å²) >= 11 is 4.80. The molecule has 1 atom stereocenters. The molecule has 0 bridgehead atoms. The van der Waals surface area contributed by atoms with E-state index in [-0.39, 0.29) is 6.04 Å². The standard InChI is InChI=1S/C15H17BBrF3N3O2S/c1-24-16-23(14-21-8-13(17)26-14)9-12(22-25-2)7-10-3-5-11(6-4-10)15(18,19)20/h3-6,8,12,22H,7,9H2,1-2H3/t12-/m0/s1. The third-order valence-electron chi connectivity index (χ3n) is 3.41. The molecule has 0 unspecified atom stereocenters. The number of aromatic nitrogens is 1. The molecular formula is C15H17BBrF3N3O2S. The van der Waals surface area contributed by atoms with Crippen LogP contribution in [0, 0.1) is 0 Å². The van der Waals surface area contributed by atoms with Crippen molar-refractivity contribution in [3.05, 3.63) is 45.4 Å². The fourth-order valence-corrected chi connectivity index (χ4v) is 3.49. The van der Waals surface area contributed by atoms with Crippen molar-refractivity contribution in [1.82, 2.24) is 10.5 Å². The molecule has 1 aromatic carbocycles. The summed E-state index contributed by atoms with van der Waals surface area (Å²) in [6.45, 7) is 0.447. The van der Waals surface area contributed by atoms with Crippen LogP contribution in [0.1, 0.15) is 11.1 Å². The van der Waals surface area contributed by atoms with Crippen LogP contribution in [0.15, 0.2) is 34.2 Å². The lowest BCUT2D eigenvalue weighted by atomic mass is 10.0. The topological polar surface area (TPSA) is 46.6 Å². The second-order valence-electron chi connectivity index (χ2n) is 5.36. The van der Waals surface area contributed by atoms with Crippen LogP contribution in [0.3, 0.4) is 0 Å². The van der Waals surface area contributed by atoms with Crippen LogP contribution in [-0.2, 0) is 22.1 Å². The first kappa shape index (κ1) is 21.2. The van der Waals surface area contributed by atoms with Crippen molar-refractivity contribution in [2.75, 3.05) is 25.6 Å². The minimum Gasteiger partial charge on any atom is -0.422 e. The zero-order chi connectivity index (χ0) is 19.2. The van der Waals surface area contributed by atoms with Gasteiger partial charge in [-0.05, 0) is 40.0 Å². The van der Waals surface area contributed by atoms with Gasteiger partial charge in [0.2, 0.25) is 0 Å². The number of nitrogens with zero attached hydrogens (tertiary/aromatic N) is 2. The Kier molecular flexibility index (Phi) is 7.90. The van der Waals surface area contributed by atoms with Gasteiger partial charge in [-0.1, -0.05) is 23.5 Å². The largest absolute Gasteiger partial charge is 0.440 e. The third kappa shape index (κ3) is 6.24. The van der Waals surface area contributed by atoms with Gasteiger partial charge in [0, 0.05) is 13.7 Å². The number of thiazole rings is 1. The lowest BCUT2D eigenvalue weighted by molar-refractivity contribution is -0.137. The summed E-state index contributed by atoms with van der Waals surface area (Å²) in [7, 11) is 4.55. The van der Waals surface area contributed by atoms with Crippen molar-refractivity contribution in [2.45, 2.75) is 18.6 Å². The number of hydrogen-bond acceptors (Lipinski definition) is 6. The fraction of sp³-hybridized carbons (Fsp3) is 0.400. The van der Waals surface area contributed by atoms with Crippen LogP contribution in [0.2, 0.25) is 0 Å². The lowest BCUT2D eigenvalue weighted by Gasteiger charge is -2.26. The molecule has 26 heavy (non-hydrogen) atoms. The van der Waals surface area contributed by atoms with Gasteiger partial charge >= 0.3 is 13.8 Å². The molecule has 1 heterocycles. The fourth-order valence-electron chi connectivity index (χ4n) is 2.33. The van der Waals surface area contributed by atoms with Crippen molar-refractivity contribution in [1.29, 1.82) is 0 Å².